The Labute approximate surface area is 86.4 Å². The van der Waals surface area contributed by atoms with Crippen LogP contribution in [0.2, 0.25) is 0 Å². The summed E-state index contributed by atoms with van der Waals surface area (Å²) in [5.74, 6) is -2.93. The third-order valence-electron chi connectivity index (χ3n) is 1.85. The van der Waals surface area contributed by atoms with Crippen LogP contribution in [0.1, 0.15) is 12.5 Å². The maximum absolute atomic E-state index is 12.9. The van der Waals surface area contributed by atoms with Crippen LogP contribution < -0.4 is 5.32 Å². The summed E-state index contributed by atoms with van der Waals surface area (Å²) in [6, 6.07) is 2.10. The van der Waals surface area contributed by atoms with E-state index < -0.39 is 23.5 Å². The number of nitrogens with one attached hydrogen (secondary N) is 1. The molecule has 0 radical (unpaired) electrons. The SMILES string of the molecule is C[C@@H](O)CNCc1cc(F)c(O)c(F)c1. The van der Waals surface area contributed by atoms with E-state index in [4.69, 9.17) is 10.2 Å². The Hall–Kier alpha value is -1.20. The van der Waals surface area contributed by atoms with E-state index in [0.717, 1.165) is 12.1 Å². The summed E-state index contributed by atoms with van der Waals surface area (Å²) in [5.41, 5.74) is 0.378. The molecular formula is C10H13F2NO2. The lowest BCUT2D eigenvalue weighted by Crippen LogP contribution is -2.23. The molecule has 0 saturated heterocycles. The number of hydrogen-bond acceptors (Lipinski definition) is 3. The van der Waals surface area contributed by atoms with Crippen LogP contribution in [0.15, 0.2) is 12.1 Å². The van der Waals surface area contributed by atoms with Gasteiger partial charge in [0.2, 0.25) is 0 Å². The highest BCUT2D eigenvalue weighted by atomic mass is 19.1. The number of aliphatic hydroxyl groups is 1. The van der Waals surface area contributed by atoms with Gasteiger partial charge in [-0.3, -0.25) is 0 Å². The lowest BCUT2D eigenvalue weighted by atomic mass is 10.2. The molecule has 84 valence electrons. The predicted octanol–water partition coefficient (Wildman–Crippen LogP) is 1.14. The van der Waals surface area contributed by atoms with E-state index in [2.05, 4.69) is 5.32 Å². The van der Waals surface area contributed by atoms with Crippen molar-refractivity contribution in [2.75, 3.05) is 6.54 Å². The first-order valence-electron chi connectivity index (χ1n) is 4.56. The maximum atomic E-state index is 12.9. The fraction of sp³-hybridized carbons (Fsp3) is 0.400. The van der Waals surface area contributed by atoms with Gasteiger partial charge in [0.1, 0.15) is 0 Å². The fourth-order valence-corrected chi connectivity index (χ4v) is 1.15. The van der Waals surface area contributed by atoms with Gasteiger partial charge in [-0.1, -0.05) is 0 Å². The van der Waals surface area contributed by atoms with Gasteiger partial charge in [0.05, 0.1) is 6.10 Å². The molecule has 1 atom stereocenters. The summed E-state index contributed by atoms with van der Waals surface area (Å²) in [5, 5.41) is 20.6. The Morgan fingerprint density at radius 3 is 2.33 bits per heavy atom. The molecule has 0 aliphatic carbocycles. The molecule has 0 saturated carbocycles. The molecule has 0 fully saturated rings. The molecular weight excluding hydrogens is 204 g/mol. The lowest BCUT2D eigenvalue weighted by Gasteiger charge is -2.07. The largest absolute Gasteiger partial charge is 0.503 e. The Balaban J connectivity index is 2.63. The summed E-state index contributed by atoms with van der Waals surface area (Å²) in [7, 11) is 0. The van der Waals surface area contributed by atoms with Gasteiger partial charge in [0, 0.05) is 13.1 Å². The molecule has 0 amide bonds. The van der Waals surface area contributed by atoms with Crippen molar-refractivity contribution < 1.29 is 19.0 Å². The number of hydrogen-bond donors (Lipinski definition) is 3. The first kappa shape index (κ1) is 11.9. The number of halogens is 2. The summed E-state index contributed by atoms with van der Waals surface area (Å²) >= 11 is 0. The quantitative estimate of drug-likeness (QED) is 0.709. The van der Waals surface area contributed by atoms with Crippen molar-refractivity contribution in [2.24, 2.45) is 0 Å². The van der Waals surface area contributed by atoms with Gasteiger partial charge >= 0.3 is 0 Å². The Morgan fingerprint density at radius 2 is 1.87 bits per heavy atom. The molecule has 0 heterocycles. The zero-order chi connectivity index (χ0) is 11.4. The second-order valence-corrected chi connectivity index (χ2v) is 3.39. The van der Waals surface area contributed by atoms with Crippen LogP contribution in [0.4, 0.5) is 8.78 Å². The zero-order valence-electron chi connectivity index (χ0n) is 8.30. The van der Waals surface area contributed by atoms with Crippen LogP contribution >= 0.6 is 0 Å². The van der Waals surface area contributed by atoms with Gasteiger partial charge in [-0.15, -0.1) is 0 Å². The Bertz CT molecular complexity index is 319. The second-order valence-electron chi connectivity index (χ2n) is 3.39. The van der Waals surface area contributed by atoms with Crippen molar-refractivity contribution in [1.82, 2.24) is 5.32 Å². The summed E-state index contributed by atoms with van der Waals surface area (Å²) in [6.07, 6.45) is -0.517. The number of phenols is 1. The van der Waals surface area contributed by atoms with Crippen LogP contribution in [-0.2, 0) is 6.54 Å². The minimum atomic E-state index is -0.983. The fourth-order valence-electron chi connectivity index (χ4n) is 1.15. The average molecular weight is 217 g/mol. The smallest absolute Gasteiger partial charge is 0.187 e. The third kappa shape index (κ3) is 3.45. The van der Waals surface area contributed by atoms with E-state index in [-0.39, 0.29) is 6.54 Å². The highest BCUT2D eigenvalue weighted by molar-refractivity contribution is 5.29. The second kappa shape index (κ2) is 5.04. The van der Waals surface area contributed by atoms with Gasteiger partial charge in [-0.2, -0.15) is 0 Å². The molecule has 5 heteroatoms. The van der Waals surface area contributed by atoms with E-state index in [0.29, 0.717) is 12.1 Å². The van der Waals surface area contributed by atoms with Crippen molar-refractivity contribution in [3.63, 3.8) is 0 Å². The molecule has 3 nitrogen and oxygen atoms in total. The van der Waals surface area contributed by atoms with Crippen molar-refractivity contribution in [3.8, 4) is 5.75 Å². The van der Waals surface area contributed by atoms with E-state index in [9.17, 15) is 8.78 Å². The predicted molar refractivity (Wildman–Crippen MR) is 51.4 cm³/mol. The van der Waals surface area contributed by atoms with Gasteiger partial charge < -0.3 is 15.5 Å². The molecule has 0 bridgehead atoms. The number of benzene rings is 1. The Kier molecular flexibility index (Phi) is 3.99. The van der Waals surface area contributed by atoms with Crippen LogP contribution in [0.5, 0.6) is 5.75 Å². The third-order valence-corrected chi connectivity index (χ3v) is 1.85. The van der Waals surface area contributed by atoms with Crippen molar-refractivity contribution in [1.29, 1.82) is 0 Å². The Morgan fingerprint density at radius 1 is 1.33 bits per heavy atom. The monoisotopic (exact) mass is 217 g/mol. The zero-order valence-corrected chi connectivity index (χ0v) is 8.30. The normalized spacial score (nSPS) is 12.8. The number of aliphatic hydroxyl groups excluding tert-OH is 1. The first-order chi connectivity index (χ1) is 7.00. The van der Waals surface area contributed by atoms with Gasteiger partial charge in [-0.25, -0.2) is 8.78 Å². The summed E-state index contributed by atoms with van der Waals surface area (Å²) in [6.45, 7) is 2.17. The lowest BCUT2D eigenvalue weighted by molar-refractivity contribution is 0.191. The minimum absolute atomic E-state index is 0.235. The van der Waals surface area contributed by atoms with Crippen molar-refractivity contribution in [3.05, 3.63) is 29.3 Å². The molecule has 0 aromatic heterocycles. The molecule has 3 N–H and O–H groups in total. The number of phenolic OH excluding ortho intramolecular Hbond substituents is 1. The van der Waals surface area contributed by atoms with E-state index >= 15 is 0 Å². The minimum Gasteiger partial charge on any atom is -0.503 e. The highest BCUT2D eigenvalue weighted by Gasteiger charge is 2.09. The van der Waals surface area contributed by atoms with Gasteiger partial charge in [0.25, 0.3) is 0 Å². The molecule has 1 rings (SSSR count). The topological polar surface area (TPSA) is 52.5 Å². The van der Waals surface area contributed by atoms with Crippen LogP contribution in [0.3, 0.4) is 0 Å². The van der Waals surface area contributed by atoms with Crippen LogP contribution in [-0.4, -0.2) is 22.9 Å². The molecule has 1 aromatic rings. The summed E-state index contributed by atoms with van der Waals surface area (Å²) in [4.78, 5) is 0. The van der Waals surface area contributed by atoms with Crippen molar-refractivity contribution >= 4 is 0 Å². The van der Waals surface area contributed by atoms with Gasteiger partial charge in [0.15, 0.2) is 17.4 Å². The van der Waals surface area contributed by atoms with Crippen molar-refractivity contribution in [2.45, 2.75) is 19.6 Å². The van der Waals surface area contributed by atoms with Crippen LogP contribution in [0.25, 0.3) is 0 Å². The highest BCUT2D eigenvalue weighted by Crippen LogP contribution is 2.21. The molecule has 15 heavy (non-hydrogen) atoms. The maximum Gasteiger partial charge on any atom is 0.187 e. The van der Waals surface area contributed by atoms with Crippen LogP contribution in [0, 0.1) is 11.6 Å². The average Bonchev–Trinajstić information content (AvgIpc) is 2.13. The number of aromatic hydroxyl groups is 1. The van der Waals surface area contributed by atoms with E-state index in [1.165, 1.54) is 0 Å². The molecule has 0 aliphatic heterocycles. The number of rotatable bonds is 4. The van der Waals surface area contributed by atoms with E-state index in [1.807, 2.05) is 0 Å². The summed E-state index contributed by atoms with van der Waals surface area (Å²) < 4.78 is 25.7. The molecule has 0 aliphatic rings. The molecule has 0 unspecified atom stereocenters. The van der Waals surface area contributed by atoms with Gasteiger partial charge in [-0.05, 0) is 24.6 Å². The molecule has 0 spiro atoms. The standard InChI is InChI=1S/C10H13F2NO2/c1-6(14)4-13-5-7-2-8(11)10(15)9(12)3-7/h2-3,6,13-15H,4-5H2,1H3/t6-/m1/s1. The van der Waals surface area contributed by atoms with E-state index in [1.54, 1.807) is 6.92 Å². The first-order valence-corrected chi connectivity index (χ1v) is 4.56. The molecule has 1 aromatic carbocycles.